The SMILES string of the molecule is CC(N)C1CCN(Cc2coc(-c3ccc(Cl)cc3)n2)CC1. The molecule has 4 nitrogen and oxygen atoms in total. The Hall–Kier alpha value is -1.36. The van der Waals surface area contributed by atoms with Gasteiger partial charge < -0.3 is 10.2 Å². The number of nitrogens with zero attached hydrogens (tertiary/aromatic N) is 2. The summed E-state index contributed by atoms with van der Waals surface area (Å²) in [5.41, 5.74) is 7.91. The second-order valence-corrected chi connectivity index (χ2v) is 6.56. The van der Waals surface area contributed by atoms with Gasteiger partial charge in [0.25, 0.3) is 0 Å². The predicted octanol–water partition coefficient (Wildman–Crippen LogP) is 3.55. The molecule has 118 valence electrons. The minimum Gasteiger partial charge on any atom is -0.444 e. The molecule has 0 saturated carbocycles. The fraction of sp³-hybridized carbons (Fsp3) is 0.471. The highest BCUT2D eigenvalue weighted by molar-refractivity contribution is 6.30. The van der Waals surface area contributed by atoms with E-state index in [2.05, 4.69) is 16.8 Å². The highest BCUT2D eigenvalue weighted by atomic mass is 35.5. The molecule has 1 aliphatic rings. The number of rotatable bonds is 4. The maximum Gasteiger partial charge on any atom is 0.226 e. The first kappa shape index (κ1) is 15.5. The van der Waals surface area contributed by atoms with Gasteiger partial charge >= 0.3 is 0 Å². The lowest BCUT2D eigenvalue weighted by Gasteiger charge is -2.33. The summed E-state index contributed by atoms with van der Waals surface area (Å²) in [6, 6.07) is 7.84. The van der Waals surface area contributed by atoms with Gasteiger partial charge in [0.1, 0.15) is 6.26 Å². The molecule has 0 bridgehead atoms. The monoisotopic (exact) mass is 319 g/mol. The fourth-order valence-electron chi connectivity index (χ4n) is 2.97. The first-order valence-electron chi connectivity index (χ1n) is 7.80. The molecule has 1 unspecified atom stereocenters. The quantitative estimate of drug-likeness (QED) is 0.936. The van der Waals surface area contributed by atoms with E-state index in [1.54, 1.807) is 6.26 Å². The molecule has 0 aliphatic carbocycles. The third-order valence-electron chi connectivity index (χ3n) is 4.40. The van der Waals surface area contributed by atoms with Crippen LogP contribution in [0.5, 0.6) is 0 Å². The molecule has 2 N–H and O–H groups in total. The van der Waals surface area contributed by atoms with Gasteiger partial charge in [-0.05, 0) is 63.0 Å². The Labute approximate surface area is 136 Å². The molecule has 1 saturated heterocycles. The van der Waals surface area contributed by atoms with Crippen molar-refractivity contribution in [2.24, 2.45) is 11.7 Å². The summed E-state index contributed by atoms with van der Waals surface area (Å²) < 4.78 is 5.59. The number of piperidine rings is 1. The highest BCUT2D eigenvalue weighted by Crippen LogP contribution is 2.23. The number of nitrogens with two attached hydrogens (primary N) is 1. The molecule has 1 atom stereocenters. The Balaban J connectivity index is 1.59. The first-order chi connectivity index (χ1) is 10.6. The van der Waals surface area contributed by atoms with Crippen molar-refractivity contribution in [1.29, 1.82) is 0 Å². The van der Waals surface area contributed by atoms with Gasteiger partial charge in [-0.25, -0.2) is 4.98 Å². The van der Waals surface area contributed by atoms with Crippen LogP contribution in [-0.4, -0.2) is 29.0 Å². The van der Waals surface area contributed by atoms with Crippen molar-refractivity contribution < 1.29 is 4.42 Å². The molecule has 1 fully saturated rings. The van der Waals surface area contributed by atoms with Crippen molar-refractivity contribution in [3.63, 3.8) is 0 Å². The van der Waals surface area contributed by atoms with Crippen LogP contribution in [0.15, 0.2) is 34.9 Å². The Kier molecular flexibility index (Phi) is 4.81. The Morgan fingerprint density at radius 3 is 2.64 bits per heavy atom. The van der Waals surface area contributed by atoms with E-state index in [-0.39, 0.29) is 0 Å². The molecule has 0 radical (unpaired) electrons. The lowest BCUT2D eigenvalue weighted by atomic mass is 9.91. The third kappa shape index (κ3) is 3.69. The van der Waals surface area contributed by atoms with E-state index in [0.717, 1.165) is 30.9 Å². The standard InChI is InChI=1S/C17H22ClN3O/c1-12(19)13-6-8-21(9-7-13)10-16-11-22-17(20-16)14-2-4-15(18)5-3-14/h2-5,11-13H,6-10,19H2,1H3. The van der Waals surface area contributed by atoms with Crippen LogP contribution < -0.4 is 5.73 Å². The molecule has 1 aliphatic heterocycles. The van der Waals surface area contributed by atoms with E-state index >= 15 is 0 Å². The van der Waals surface area contributed by atoms with Gasteiger partial charge in [-0.3, -0.25) is 4.90 Å². The fourth-order valence-corrected chi connectivity index (χ4v) is 3.10. The molecule has 22 heavy (non-hydrogen) atoms. The Morgan fingerprint density at radius 1 is 1.32 bits per heavy atom. The van der Waals surface area contributed by atoms with Crippen molar-refractivity contribution in [2.75, 3.05) is 13.1 Å². The minimum atomic E-state index is 0.297. The van der Waals surface area contributed by atoms with Crippen LogP contribution in [-0.2, 0) is 6.54 Å². The van der Waals surface area contributed by atoms with Gasteiger partial charge in [-0.2, -0.15) is 0 Å². The molecular formula is C17H22ClN3O. The van der Waals surface area contributed by atoms with Crippen molar-refractivity contribution in [2.45, 2.75) is 32.4 Å². The third-order valence-corrected chi connectivity index (χ3v) is 4.66. The second kappa shape index (κ2) is 6.82. The molecule has 1 aromatic carbocycles. The van der Waals surface area contributed by atoms with Gasteiger partial charge in [-0.1, -0.05) is 11.6 Å². The first-order valence-corrected chi connectivity index (χ1v) is 8.18. The van der Waals surface area contributed by atoms with E-state index in [0.29, 0.717) is 22.9 Å². The van der Waals surface area contributed by atoms with Crippen LogP contribution in [0, 0.1) is 5.92 Å². The van der Waals surface area contributed by atoms with Crippen LogP contribution in [0.2, 0.25) is 5.02 Å². The van der Waals surface area contributed by atoms with Crippen molar-refractivity contribution in [3.05, 3.63) is 41.2 Å². The van der Waals surface area contributed by atoms with E-state index in [1.807, 2.05) is 24.3 Å². The molecule has 5 heteroatoms. The number of hydrogen-bond acceptors (Lipinski definition) is 4. The van der Waals surface area contributed by atoms with Gasteiger partial charge in [0.2, 0.25) is 5.89 Å². The topological polar surface area (TPSA) is 55.3 Å². The number of likely N-dealkylation sites (tertiary alicyclic amines) is 1. The molecular weight excluding hydrogens is 298 g/mol. The summed E-state index contributed by atoms with van der Waals surface area (Å²) in [5, 5.41) is 0.715. The van der Waals surface area contributed by atoms with Crippen LogP contribution in [0.4, 0.5) is 0 Å². The minimum absolute atomic E-state index is 0.297. The maximum absolute atomic E-state index is 5.99. The zero-order valence-corrected chi connectivity index (χ0v) is 13.6. The van der Waals surface area contributed by atoms with E-state index in [9.17, 15) is 0 Å². The van der Waals surface area contributed by atoms with Gasteiger partial charge in [-0.15, -0.1) is 0 Å². The summed E-state index contributed by atoms with van der Waals surface area (Å²) in [4.78, 5) is 7.00. The zero-order valence-electron chi connectivity index (χ0n) is 12.8. The van der Waals surface area contributed by atoms with Crippen LogP contribution in [0.25, 0.3) is 11.5 Å². The number of benzene rings is 1. The van der Waals surface area contributed by atoms with E-state index in [1.165, 1.54) is 12.8 Å². The largest absolute Gasteiger partial charge is 0.444 e. The van der Waals surface area contributed by atoms with Crippen LogP contribution >= 0.6 is 11.6 Å². The Bertz CT molecular complexity index is 601. The lowest BCUT2D eigenvalue weighted by Crippen LogP contribution is -2.39. The highest BCUT2D eigenvalue weighted by Gasteiger charge is 2.22. The van der Waals surface area contributed by atoms with Crippen molar-refractivity contribution in [1.82, 2.24) is 9.88 Å². The molecule has 0 amide bonds. The smallest absolute Gasteiger partial charge is 0.226 e. The number of hydrogen-bond donors (Lipinski definition) is 1. The normalized spacial score (nSPS) is 18.5. The van der Waals surface area contributed by atoms with E-state index < -0.39 is 0 Å². The second-order valence-electron chi connectivity index (χ2n) is 6.12. The average Bonchev–Trinajstić information content (AvgIpc) is 2.97. The summed E-state index contributed by atoms with van der Waals surface area (Å²) >= 11 is 5.90. The van der Waals surface area contributed by atoms with Gasteiger partial charge in [0, 0.05) is 23.2 Å². The molecule has 2 heterocycles. The zero-order chi connectivity index (χ0) is 15.5. The van der Waals surface area contributed by atoms with Gasteiger partial charge in [0.15, 0.2) is 0 Å². The predicted molar refractivity (Wildman–Crippen MR) is 88.6 cm³/mol. The Morgan fingerprint density at radius 2 is 2.00 bits per heavy atom. The average molecular weight is 320 g/mol. The molecule has 3 rings (SSSR count). The number of oxazole rings is 1. The van der Waals surface area contributed by atoms with Gasteiger partial charge in [0.05, 0.1) is 5.69 Å². The maximum atomic E-state index is 5.99. The summed E-state index contributed by atoms with van der Waals surface area (Å²) in [5.74, 6) is 1.30. The van der Waals surface area contributed by atoms with Crippen LogP contribution in [0.1, 0.15) is 25.5 Å². The number of halogens is 1. The van der Waals surface area contributed by atoms with Crippen molar-refractivity contribution in [3.8, 4) is 11.5 Å². The van der Waals surface area contributed by atoms with E-state index in [4.69, 9.17) is 21.8 Å². The molecule has 2 aromatic rings. The summed E-state index contributed by atoms with van der Waals surface area (Å²) in [6.07, 6.45) is 4.08. The summed E-state index contributed by atoms with van der Waals surface area (Å²) in [7, 11) is 0. The molecule has 0 spiro atoms. The van der Waals surface area contributed by atoms with Crippen molar-refractivity contribution >= 4 is 11.6 Å². The number of aromatic nitrogens is 1. The summed E-state index contributed by atoms with van der Waals surface area (Å²) in [6.45, 7) is 5.10. The van der Waals surface area contributed by atoms with Crippen LogP contribution in [0.3, 0.4) is 0 Å². The molecule has 1 aromatic heterocycles. The lowest BCUT2D eigenvalue weighted by molar-refractivity contribution is 0.164.